The topological polar surface area (TPSA) is 101 Å². The van der Waals surface area contributed by atoms with Gasteiger partial charge in [0.2, 0.25) is 5.91 Å². The normalized spacial score (nSPS) is 11.1. The van der Waals surface area contributed by atoms with E-state index < -0.39 is 0 Å². The van der Waals surface area contributed by atoms with Gasteiger partial charge in [0.1, 0.15) is 5.69 Å². The van der Waals surface area contributed by atoms with Crippen molar-refractivity contribution < 1.29 is 19.1 Å². The number of carbonyl (C=O) groups is 3. The average molecular weight is 596 g/mol. The number of nitrogens with zero attached hydrogens (tertiary/aromatic N) is 1. The second-order valence-corrected chi connectivity index (χ2v) is 10.7. The molecule has 3 amide bonds. The molecule has 4 aromatic rings. The lowest BCUT2D eigenvalue weighted by Gasteiger charge is -2.12. The van der Waals surface area contributed by atoms with E-state index in [9.17, 15) is 14.4 Å². The fourth-order valence-electron chi connectivity index (χ4n) is 4.34. The van der Waals surface area contributed by atoms with Crippen LogP contribution in [0.1, 0.15) is 46.7 Å². The van der Waals surface area contributed by atoms with Crippen LogP contribution in [0, 0.1) is 5.92 Å². The van der Waals surface area contributed by atoms with E-state index >= 15 is 0 Å². The van der Waals surface area contributed by atoms with Gasteiger partial charge in [0.15, 0.2) is 0 Å². The van der Waals surface area contributed by atoms with Crippen LogP contribution in [0.25, 0.3) is 10.9 Å². The summed E-state index contributed by atoms with van der Waals surface area (Å²) in [6.45, 7) is 5.02. The van der Waals surface area contributed by atoms with Crippen LogP contribution in [-0.4, -0.2) is 36.0 Å². The third kappa shape index (κ3) is 7.47. The predicted molar refractivity (Wildman–Crippen MR) is 164 cm³/mol. The van der Waals surface area contributed by atoms with Gasteiger partial charge in [0.05, 0.1) is 21.3 Å². The fraction of sp³-hybridized carbons (Fsp3) is 0.258. The van der Waals surface area contributed by atoms with Crippen molar-refractivity contribution in [3.05, 3.63) is 93.6 Å². The molecule has 0 spiro atoms. The van der Waals surface area contributed by atoms with Crippen LogP contribution >= 0.6 is 23.2 Å². The van der Waals surface area contributed by atoms with E-state index in [1.54, 1.807) is 61.7 Å². The molecule has 1 aromatic heterocycles. The summed E-state index contributed by atoms with van der Waals surface area (Å²) in [6, 6.07) is 19.4. The highest BCUT2D eigenvalue weighted by atomic mass is 35.5. The lowest BCUT2D eigenvalue weighted by molar-refractivity contribution is -0.124. The number of para-hydroxylation sites is 1. The van der Waals surface area contributed by atoms with Gasteiger partial charge in [-0.3, -0.25) is 14.4 Å². The lowest BCUT2D eigenvalue weighted by atomic mass is 10.1. The standard InChI is InChI=1S/C31H32Cl2N4O4/c1-19(2)29(38)34-18-20-9-11-24(32)23(15-20)30(39)35-22-10-12-27-21(16-22)17-28(37(27)13-6-14-41-3)31(40)36-26-8-5-4-7-25(26)33/h4-5,7-12,15-17,19H,6,13-14,18H2,1-3H3,(H,34,38)(H,35,39)(H,36,40). The lowest BCUT2D eigenvalue weighted by Crippen LogP contribution is -2.27. The molecular weight excluding hydrogens is 563 g/mol. The summed E-state index contributed by atoms with van der Waals surface area (Å²) in [5, 5.41) is 10.1. The molecule has 10 heteroatoms. The molecule has 1 heterocycles. The summed E-state index contributed by atoms with van der Waals surface area (Å²) in [4.78, 5) is 38.4. The monoisotopic (exact) mass is 594 g/mol. The summed E-state index contributed by atoms with van der Waals surface area (Å²) < 4.78 is 7.14. The SMILES string of the molecule is COCCCn1c(C(=O)Nc2ccccc2Cl)cc2cc(NC(=O)c3cc(CNC(=O)C(C)C)ccc3Cl)ccc21. The van der Waals surface area contributed by atoms with Gasteiger partial charge in [-0.05, 0) is 60.5 Å². The van der Waals surface area contributed by atoms with Gasteiger partial charge in [-0.2, -0.15) is 0 Å². The Bertz CT molecular complexity index is 1580. The Morgan fingerprint density at radius 3 is 2.41 bits per heavy atom. The number of ether oxygens (including phenoxy) is 1. The zero-order valence-electron chi connectivity index (χ0n) is 23.1. The van der Waals surface area contributed by atoms with Gasteiger partial charge in [-0.1, -0.05) is 55.2 Å². The summed E-state index contributed by atoms with van der Waals surface area (Å²) in [5.41, 5.74) is 3.40. The van der Waals surface area contributed by atoms with Crippen LogP contribution in [0.5, 0.6) is 0 Å². The summed E-state index contributed by atoms with van der Waals surface area (Å²) in [5.74, 6) is -0.904. The number of hydrogen-bond donors (Lipinski definition) is 3. The zero-order chi connectivity index (χ0) is 29.5. The predicted octanol–water partition coefficient (Wildman–Crippen LogP) is 6.76. The van der Waals surface area contributed by atoms with Gasteiger partial charge in [-0.25, -0.2) is 0 Å². The second-order valence-electron chi connectivity index (χ2n) is 9.88. The Balaban J connectivity index is 1.58. The van der Waals surface area contributed by atoms with E-state index in [1.165, 1.54) is 0 Å². The molecule has 0 aliphatic carbocycles. The quantitative estimate of drug-likeness (QED) is 0.167. The Morgan fingerprint density at radius 1 is 0.902 bits per heavy atom. The molecule has 0 aliphatic rings. The molecule has 8 nitrogen and oxygen atoms in total. The molecule has 0 fully saturated rings. The molecule has 41 heavy (non-hydrogen) atoms. The highest BCUT2D eigenvalue weighted by molar-refractivity contribution is 6.34. The van der Waals surface area contributed by atoms with Gasteiger partial charge >= 0.3 is 0 Å². The maximum Gasteiger partial charge on any atom is 0.272 e. The first-order valence-corrected chi connectivity index (χ1v) is 14.0. The van der Waals surface area contributed by atoms with Crippen LogP contribution in [0.2, 0.25) is 10.0 Å². The number of aromatic nitrogens is 1. The highest BCUT2D eigenvalue weighted by Gasteiger charge is 2.18. The van der Waals surface area contributed by atoms with Crippen LogP contribution in [0.15, 0.2) is 66.7 Å². The first kappa shape index (κ1) is 30.1. The van der Waals surface area contributed by atoms with E-state index in [-0.39, 0.29) is 30.2 Å². The van der Waals surface area contributed by atoms with E-state index in [1.807, 2.05) is 30.5 Å². The Morgan fingerprint density at radius 2 is 1.68 bits per heavy atom. The molecule has 214 valence electrons. The van der Waals surface area contributed by atoms with Gasteiger partial charge < -0.3 is 25.3 Å². The number of carbonyl (C=O) groups excluding carboxylic acids is 3. The third-order valence-electron chi connectivity index (χ3n) is 6.51. The molecule has 0 saturated heterocycles. The number of aryl methyl sites for hydroxylation is 1. The number of amides is 3. The molecule has 0 radical (unpaired) electrons. The molecular formula is C31H32Cl2N4O4. The van der Waals surface area contributed by atoms with E-state index in [0.717, 1.165) is 16.5 Å². The molecule has 0 unspecified atom stereocenters. The van der Waals surface area contributed by atoms with Gasteiger partial charge in [-0.15, -0.1) is 0 Å². The number of methoxy groups -OCH3 is 1. The van der Waals surface area contributed by atoms with Crippen molar-refractivity contribution in [3.8, 4) is 0 Å². The minimum atomic E-state index is -0.386. The number of benzene rings is 3. The number of rotatable bonds is 11. The number of hydrogen-bond acceptors (Lipinski definition) is 4. The van der Waals surface area contributed by atoms with Crippen molar-refractivity contribution in [2.45, 2.75) is 33.4 Å². The molecule has 3 aromatic carbocycles. The smallest absolute Gasteiger partial charge is 0.272 e. The van der Waals surface area contributed by atoms with Crippen LogP contribution in [0.4, 0.5) is 11.4 Å². The molecule has 0 bridgehead atoms. The number of halogens is 2. The van der Waals surface area contributed by atoms with E-state index in [4.69, 9.17) is 27.9 Å². The van der Waals surface area contributed by atoms with Gasteiger partial charge in [0.25, 0.3) is 11.8 Å². The number of anilines is 2. The summed E-state index contributed by atoms with van der Waals surface area (Å²) in [6.07, 6.45) is 0.706. The van der Waals surface area contributed by atoms with Crippen molar-refractivity contribution in [1.82, 2.24) is 9.88 Å². The molecule has 0 atom stereocenters. The maximum atomic E-state index is 13.3. The fourth-order valence-corrected chi connectivity index (χ4v) is 4.73. The van der Waals surface area contributed by atoms with E-state index in [2.05, 4.69) is 16.0 Å². The minimum Gasteiger partial charge on any atom is -0.385 e. The minimum absolute atomic E-state index is 0.0756. The van der Waals surface area contributed by atoms with Crippen molar-refractivity contribution in [1.29, 1.82) is 0 Å². The number of nitrogens with one attached hydrogen (secondary N) is 3. The molecule has 0 saturated carbocycles. The van der Waals surface area contributed by atoms with Crippen molar-refractivity contribution in [3.63, 3.8) is 0 Å². The third-order valence-corrected chi connectivity index (χ3v) is 7.17. The van der Waals surface area contributed by atoms with Crippen LogP contribution in [0.3, 0.4) is 0 Å². The van der Waals surface area contributed by atoms with E-state index in [0.29, 0.717) is 52.2 Å². The first-order chi connectivity index (χ1) is 19.7. The Kier molecular flexibility index (Phi) is 10.0. The summed E-state index contributed by atoms with van der Waals surface area (Å²) >= 11 is 12.6. The number of fused-ring (bicyclic) bond motifs is 1. The average Bonchev–Trinajstić information content (AvgIpc) is 3.31. The second kappa shape index (κ2) is 13.7. The van der Waals surface area contributed by atoms with Crippen molar-refractivity contribution in [2.24, 2.45) is 5.92 Å². The molecule has 0 aliphatic heterocycles. The first-order valence-electron chi connectivity index (χ1n) is 13.2. The molecule has 3 N–H and O–H groups in total. The largest absolute Gasteiger partial charge is 0.385 e. The Hall–Kier alpha value is -3.85. The van der Waals surface area contributed by atoms with Gasteiger partial charge in [0, 0.05) is 49.3 Å². The highest BCUT2D eigenvalue weighted by Crippen LogP contribution is 2.27. The molecule has 4 rings (SSSR count). The maximum absolute atomic E-state index is 13.3. The van der Waals surface area contributed by atoms with Crippen molar-refractivity contribution >= 4 is 63.2 Å². The van der Waals surface area contributed by atoms with Crippen molar-refractivity contribution in [2.75, 3.05) is 24.4 Å². The van der Waals surface area contributed by atoms with Crippen LogP contribution < -0.4 is 16.0 Å². The van der Waals surface area contributed by atoms with Crippen LogP contribution in [-0.2, 0) is 22.6 Å². The zero-order valence-corrected chi connectivity index (χ0v) is 24.6. The Labute approximate surface area is 249 Å². The summed E-state index contributed by atoms with van der Waals surface area (Å²) in [7, 11) is 1.64.